The summed E-state index contributed by atoms with van der Waals surface area (Å²) in [7, 11) is 1.63. The van der Waals surface area contributed by atoms with Crippen molar-refractivity contribution in [1.29, 1.82) is 0 Å². The molecule has 0 bridgehead atoms. The van der Waals surface area contributed by atoms with Crippen molar-refractivity contribution in [3.05, 3.63) is 18.0 Å². The largest absolute Gasteiger partial charge is 0.383 e. The van der Waals surface area contributed by atoms with Crippen LogP contribution in [-0.4, -0.2) is 70.9 Å². The van der Waals surface area contributed by atoms with E-state index < -0.39 is 0 Å². The third kappa shape index (κ3) is 6.23. The summed E-state index contributed by atoms with van der Waals surface area (Å²) in [6, 6.07) is 0.00190. The lowest BCUT2D eigenvalue weighted by atomic mass is 10.0. The molecule has 1 aliphatic rings. The monoisotopic (exact) mass is 379 g/mol. The molecule has 1 aliphatic heterocycles. The van der Waals surface area contributed by atoms with Gasteiger partial charge in [-0.15, -0.1) is 0 Å². The van der Waals surface area contributed by atoms with Gasteiger partial charge in [-0.2, -0.15) is 5.10 Å². The minimum absolute atomic E-state index is 0.0183. The van der Waals surface area contributed by atoms with Gasteiger partial charge in [0.05, 0.1) is 19.3 Å². The summed E-state index contributed by atoms with van der Waals surface area (Å²) in [5.74, 6) is 0.208. The van der Waals surface area contributed by atoms with Gasteiger partial charge in [-0.05, 0) is 19.8 Å². The van der Waals surface area contributed by atoms with Gasteiger partial charge in [0.2, 0.25) is 5.91 Å². The predicted molar refractivity (Wildman–Crippen MR) is 103 cm³/mol. The van der Waals surface area contributed by atoms with Crippen LogP contribution >= 0.6 is 0 Å². The highest BCUT2D eigenvalue weighted by atomic mass is 16.5. The van der Waals surface area contributed by atoms with Gasteiger partial charge in [0.15, 0.2) is 0 Å². The molecule has 27 heavy (non-hydrogen) atoms. The van der Waals surface area contributed by atoms with Crippen molar-refractivity contribution in [1.82, 2.24) is 24.9 Å². The number of aryl methyl sites for hydroxylation is 1. The standard InChI is InChI=1S/C19H33N5O3/c1-5-24-14-16(12-20-24)13-23(10-11-27-4)19(26)21-17-6-8-22(9-7-17)18(25)15(2)3/h12,14-15,17H,5-11,13H2,1-4H3,(H,21,26). The molecule has 0 aromatic carbocycles. The molecule has 1 aromatic rings. The molecule has 152 valence electrons. The van der Waals surface area contributed by atoms with E-state index in [1.807, 2.05) is 36.5 Å². The van der Waals surface area contributed by atoms with Crippen molar-refractivity contribution >= 4 is 11.9 Å². The number of hydrogen-bond donors (Lipinski definition) is 1. The third-order valence-corrected chi connectivity index (χ3v) is 4.86. The third-order valence-electron chi connectivity index (χ3n) is 4.86. The van der Waals surface area contributed by atoms with E-state index in [1.165, 1.54) is 0 Å². The zero-order chi connectivity index (χ0) is 19.8. The van der Waals surface area contributed by atoms with Crippen LogP contribution in [0, 0.1) is 5.92 Å². The Hall–Kier alpha value is -2.09. The Kier molecular flexibility index (Phi) is 8.09. The minimum Gasteiger partial charge on any atom is -0.383 e. The number of rotatable bonds is 8. The number of carbonyl (C=O) groups is 2. The lowest BCUT2D eigenvalue weighted by molar-refractivity contribution is -0.135. The fourth-order valence-corrected chi connectivity index (χ4v) is 3.21. The smallest absolute Gasteiger partial charge is 0.317 e. The molecule has 0 spiro atoms. The van der Waals surface area contributed by atoms with Gasteiger partial charge in [-0.1, -0.05) is 13.8 Å². The van der Waals surface area contributed by atoms with Crippen LogP contribution in [-0.2, 0) is 22.6 Å². The van der Waals surface area contributed by atoms with Gasteiger partial charge in [-0.3, -0.25) is 9.48 Å². The Morgan fingerprint density at radius 1 is 1.37 bits per heavy atom. The quantitative estimate of drug-likeness (QED) is 0.746. The maximum absolute atomic E-state index is 12.8. The topological polar surface area (TPSA) is 79.7 Å². The van der Waals surface area contributed by atoms with Gasteiger partial charge in [0.1, 0.15) is 0 Å². The highest BCUT2D eigenvalue weighted by molar-refractivity contribution is 5.78. The van der Waals surface area contributed by atoms with Crippen LogP contribution < -0.4 is 5.32 Å². The molecule has 2 rings (SSSR count). The molecule has 0 saturated carbocycles. The maximum atomic E-state index is 12.8. The first-order valence-corrected chi connectivity index (χ1v) is 9.79. The fraction of sp³-hybridized carbons (Fsp3) is 0.737. The number of piperidine rings is 1. The molecule has 2 heterocycles. The van der Waals surface area contributed by atoms with Gasteiger partial charge in [0, 0.05) is 57.0 Å². The van der Waals surface area contributed by atoms with Crippen LogP contribution in [0.5, 0.6) is 0 Å². The minimum atomic E-state index is -0.0927. The zero-order valence-corrected chi connectivity index (χ0v) is 17.0. The number of amides is 3. The van der Waals surface area contributed by atoms with Crippen molar-refractivity contribution in [2.45, 2.75) is 52.7 Å². The number of carbonyl (C=O) groups excluding carboxylic acids is 2. The molecule has 0 unspecified atom stereocenters. The van der Waals surface area contributed by atoms with E-state index >= 15 is 0 Å². The van der Waals surface area contributed by atoms with Gasteiger partial charge < -0.3 is 19.9 Å². The highest BCUT2D eigenvalue weighted by Crippen LogP contribution is 2.14. The van der Waals surface area contributed by atoms with E-state index in [4.69, 9.17) is 4.74 Å². The van der Waals surface area contributed by atoms with Crippen LogP contribution in [0.25, 0.3) is 0 Å². The van der Waals surface area contributed by atoms with Crippen LogP contribution in [0.3, 0.4) is 0 Å². The van der Waals surface area contributed by atoms with Gasteiger partial charge >= 0.3 is 6.03 Å². The molecular weight excluding hydrogens is 346 g/mol. The Bertz CT molecular complexity index is 608. The number of ether oxygens (including phenoxy) is 1. The number of hydrogen-bond acceptors (Lipinski definition) is 4. The van der Waals surface area contributed by atoms with Crippen molar-refractivity contribution in [3.8, 4) is 0 Å². The van der Waals surface area contributed by atoms with Crippen LogP contribution in [0.1, 0.15) is 39.2 Å². The van der Waals surface area contributed by atoms with Crippen molar-refractivity contribution < 1.29 is 14.3 Å². The molecule has 8 nitrogen and oxygen atoms in total. The zero-order valence-electron chi connectivity index (χ0n) is 17.0. The van der Waals surface area contributed by atoms with E-state index in [0.717, 1.165) is 24.9 Å². The summed E-state index contributed by atoms with van der Waals surface area (Å²) in [6.45, 7) is 9.57. The van der Waals surface area contributed by atoms with Crippen molar-refractivity contribution in [2.75, 3.05) is 33.4 Å². The molecule has 1 N–H and O–H groups in total. The molecule has 0 radical (unpaired) electrons. The molecule has 3 amide bonds. The van der Waals surface area contributed by atoms with Gasteiger partial charge in [-0.25, -0.2) is 4.79 Å². The molecule has 1 aromatic heterocycles. The second-order valence-corrected chi connectivity index (χ2v) is 7.32. The lowest BCUT2D eigenvalue weighted by Crippen LogP contribution is -2.51. The van der Waals surface area contributed by atoms with Crippen molar-refractivity contribution in [3.63, 3.8) is 0 Å². The SMILES string of the molecule is CCn1cc(CN(CCOC)C(=O)NC2CCN(C(=O)C(C)C)CC2)cn1. The predicted octanol–water partition coefficient (Wildman–Crippen LogP) is 1.71. The van der Waals surface area contributed by atoms with E-state index in [1.54, 1.807) is 18.2 Å². The second-order valence-electron chi connectivity index (χ2n) is 7.32. The molecule has 0 atom stereocenters. The fourth-order valence-electron chi connectivity index (χ4n) is 3.21. The average Bonchev–Trinajstić information content (AvgIpc) is 3.12. The first kappa shape index (κ1) is 21.2. The molecule has 8 heteroatoms. The highest BCUT2D eigenvalue weighted by Gasteiger charge is 2.26. The van der Waals surface area contributed by atoms with Crippen LogP contribution in [0.4, 0.5) is 4.79 Å². The Morgan fingerprint density at radius 3 is 2.63 bits per heavy atom. The summed E-state index contributed by atoms with van der Waals surface area (Å²) in [6.07, 6.45) is 5.34. The Labute approximate surface area is 161 Å². The summed E-state index contributed by atoms with van der Waals surface area (Å²) in [5, 5.41) is 7.40. The Morgan fingerprint density at radius 2 is 2.07 bits per heavy atom. The van der Waals surface area contributed by atoms with Crippen LogP contribution in [0.15, 0.2) is 12.4 Å². The van der Waals surface area contributed by atoms with E-state index in [-0.39, 0.29) is 23.9 Å². The van der Waals surface area contributed by atoms with E-state index in [2.05, 4.69) is 10.4 Å². The van der Waals surface area contributed by atoms with E-state index in [0.29, 0.717) is 32.8 Å². The first-order valence-electron chi connectivity index (χ1n) is 9.79. The molecular formula is C19H33N5O3. The van der Waals surface area contributed by atoms with E-state index in [9.17, 15) is 9.59 Å². The normalized spacial score (nSPS) is 15.2. The van der Waals surface area contributed by atoms with Crippen LogP contribution in [0.2, 0.25) is 0 Å². The maximum Gasteiger partial charge on any atom is 0.317 e. The molecule has 1 fully saturated rings. The summed E-state index contributed by atoms with van der Waals surface area (Å²) in [4.78, 5) is 28.5. The number of methoxy groups -OCH3 is 1. The molecule has 0 aliphatic carbocycles. The molecule has 1 saturated heterocycles. The number of nitrogens with one attached hydrogen (secondary N) is 1. The van der Waals surface area contributed by atoms with Gasteiger partial charge in [0.25, 0.3) is 0 Å². The summed E-state index contributed by atoms with van der Waals surface area (Å²) in [5.41, 5.74) is 1.00. The Balaban J connectivity index is 1.88. The number of likely N-dealkylation sites (tertiary alicyclic amines) is 1. The lowest BCUT2D eigenvalue weighted by Gasteiger charge is -2.34. The van der Waals surface area contributed by atoms with Crippen molar-refractivity contribution in [2.24, 2.45) is 5.92 Å². The number of nitrogens with zero attached hydrogens (tertiary/aromatic N) is 4. The number of aromatic nitrogens is 2. The first-order chi connectivity index (χ1) is 12.9. The average molecular weight is 380 g/mol. The summed E-state index contributed by atoms with van der Waals surface area (Å²) >= 11 is 0. The summed E-state index contributed by atoms with van der Waals surface area (Å²) < 4.78 is 7.00. The second kappa shape index (κ2) is 10.3. The number of urea groups is 1.